The van der Waals surface area contributed by atoms with Crippen molar-refractivity contribution in [3.05, 3.63) is 0 Å². The van der Waals surface area contributed by atoms with Crippen molar-refractivity contribution in [2.24, 2.45) is 5.41 Å². The molecule has 2 fully saturated rings. The topological polar surface area (TPSA) is 74.7 Å². The molecule has 1 saturated heterocycles. The van der Waals surface area contributed by atoms with Crippen LogP contribution in [0.15, 0.2) is 0 Å². The molecule has 0 aromatic carbocycles. The van der Waals surface area contributed by atoms with Gasteiger partial charge in [-0.15, -0.1) is 0 Å². The Hall–Kier alpha value is -1.39. The second-order valence-corrected chi connectivity index (χ2v) is 5.02. The highest BCUT2D eigenvalue weighted by molar-refractivity contribution is 5.96. The summed E-state index contributed by atoms with van der Waals surface area (Å²) < 4.78 is 0. The zero-order valence-electron chi connectivity index (χ0n) is 9.78. The maximum Gasteiger partial charge on any atom is 0.311 e. The number of carbonyl (C=O) groups excluding carboxylic acids is 2. The van der Waals surface area contributed by atoms with E-state index in [2.05, 4.69) is 0 Å². The Morgan fingerprint density at radius 1 is 1.12 bits per heavy atom. The Bertz CT molecular complexity index is 342. The summed E-state index contributed by atoms with van der Waals surface area (Å²) in [4.78, 5) is 36.0. The van der Waals surface area contributed by atoms with Gasteiger partial charge in [-0.1, -0.05) is 6.42 Å². The zero-order valence-corrected chi connectivity index (χ0v) is 9.78. The molecule has 94 valence electrons. The predicted octanol–water partition coefficient (Wildman–Crippen LogP) is 1.17. The van der Waals surface area contributed by atoms with E-state index in [4.69, 9.17) is 0 Å². The maximum atomic E-state index is 11.8. The summed E-state index contributed by atoms with van der Waals surface area (Å²) in [5.41, 5.74) is -0.865. The van der Waals surface area contributed by atoms with E-state index in [1.54, 1.807) is 0 Å². The first-order chi connectivity index (χ1) is 8.05. The lowest BCUT2D eigenvalue weighted by molar-refractivity contribution is -0.160. The first kappa shape index (κ1) is 12.1. The van der Waals surface area contributed by atoms with Crippen LogP contribution in [0.3, 0.4) is 0 Å². The van der Waals surface area contributed by atoms with Crippen LogP contribution in [0.5, 0.6) is 0 Å². The van der Waals surface area contributed by atoms with Gasteiger partial charge >= 0.3 is 5.97 Å². The zero-order chi connectivity index (χ0) is 12.5. The smallest absolute Gasteiger partial charge is 0.311 e. The molecule has 1 N–H and O–H groups in total. The third kappa shape index (κ3) is 2.18. The van der Waals surface area contributed by atoms with Gasteiger partial charge in [0.15, 0.2) is 0 Å². The molecule has 0 radical (unpaired) electrons. The van der Waals surface area contributed by atoms with Crippen molar-refractivity contribution in [1.29, 1.82) is 0 Å². The number of aliphatic carboxylic acids is 1. The average Bonchev–Trinajstić information content (AvgIpc) is 2.35. The van der Waals surface area contributed by atoms with Gasteiger partial charge in [0.2, 0.25) is 11.8 Å². The van der Waals surface area contributed by atoms with E-state index < -0.39 is 11.4 Å². The molecule has 1 saturated carbocycles. The van der Waals surface area contributed by atoms with Gasteiger partial charge in [0.05, 0.1) is 5.41 Å². The SMILES string of the molecule is O=C1CCCCC(=O)N1CC1(C(=O)O)CCC1. The number of nitrogens with zero attached hydrogens (tertiary/aromatic N) is 1. The largest absolute Gasteiger partial charge is 0.481 e. The number of likely N-dealkylation sites (tertiary alicyclic amines) is 1. The molecule has 0 atom stereocenters. The van der Waals surface area contributed by atoms with E-state index >= 15 is 0 Å². The number of amides is 2. The Kier molecular flexibility index (Phi) is 3.17. The van der Waals surface area contributed by atoms with Gasteiger partial charge in [-0.25, -0.2) is 0 Å². The molecular formula is C12H17NO4. The summed E-state index contributed by atoms with van der Waals surface area (Å²) in [5, 5.41) is 9.21. The lowest BCUT2D eigenvalue weighted by atomic mass is 9.68. The Morgan fingerprint density at radius 2 is 1.65 bits per heavy atom. The van der Waals surface area contributed by atoms with Crippen LogP contribution < -0.4 is 0 Å². The number of carboxylic acid groups (broad SMARTS) is 1. The fraction of sp³-hybridized carbons (Fsp3) is 0.750. The first-order valence-corrected chi connectivity index (χ1v) is 6.12. The van der Waals surface area contributed by atoms with Crippen LogP contribution in [0, 0.1) is 5.41 Å². The molecule has 0 spiro atoms. The number of rotatable bonds is 3. The van der Waals surface area contributed by atoms with Crippen LogP contribution in [0.25, 0.3) is 0 Å². The van der Waals surface area contributed by atoms with E-state index in [9.17, 15) is 19.5 Å². The van der Waals surface area contributed by atoms with Crippen LogP contribution in [-0.2, 0) is 14.4 Å². The normalized spacial score (nSPS) is 24.1. The molecule has 0 aromatic heterocycles. The number of carboxylic acids is 1. The molecule has 0 bridgehead atoms. The average molecular weight is 239 g/mol. The Labute approximate surface area is 99.8 Å². The monoisotopic (exact) mass is 239 g/mol. The van der Waals surface area contributed by atoms with Gasteiger partial charge in [0.25, 0.3) is 0 Å². The van der Waals surface area contributed by atoms with Crippen molar-refractivity contribution in [3.63, 3.8) is 0 Å². The number of imide groups is 1. The lowest BCUT2D eigenvalue weighted by Crippen LogP contribution is -2.50. The predicted molar refractivity (Wildman–Crippen MR) is 59.1 cm³/mol. The highest BCUT2D eigenvalue weighted by Gasteiger charge is 2.47. The lowest BCUT2D eigenvalue weighted by Gasteiger charge is -2.40. The third-order valence-electron chi connectivity index (χ3n) is 3.86. The minimum atomic E-state index is -0.881. The molecular weight excluding hydrogens is 222 g/mol. The van der Waals surface area contributed by atoms with Crippen LogP contribution in [0.2, 0.25) is 0 Å². The van der Waals surface area contributed by atoms with Gasteiger partial charge < -0.3 is 5.11 Å². The molecule has 5 nitrogen and oxygen atoms in total. The van der Waals surface area contributed by atoms with E-state index in [0.29, 0.717) is 25.7 Å². The molecule has 2 amide bonds. The minimum absolute atomic E-state index is 0.0694. The van der Waals surface area contributed by atoms with Gasteiger partial charge in [-0.2, -0.15) is 0 Å². The first-order valence-electron chi connectivity index (χ1n) is 6.12. The van der Waals surface area contributed by atoms with Gasteiger partial charge in [0.1, 0.15) is 0 Å². The van der Waals surface area contributed by atoms with E-state index in [1.165, 1.54) is 4.90 Å². The summed E-state index contributed by atoms with van der Waals surface area (Å²) in [6, 6.07) is 0. The summed E-state index contributed by atoms with van der Waals surface area (Å²) >= 11 is 0. The highest BCUT2D eigenvalue weighted by Crippen LogP contribution is 2.42. The van der Waals surface area contributed by atoms with E-state index in [-0.39, 0.29) is 18.4 Å². The molecule has 5 heteroatoms. The summed E-state index contributed by atoms with van der Waals surface area (Å²) in [6.45, 7) is 0.0694. The molecule has 1 heterocycles. The maximum absolute atomic E-state index is 11.8. The van der Waals surface area contributed by atoms with Crippen molar-refractivity contribution in [2.75, 3.05) is 6.54 Å². The fourth-order valence-corrected chi connectivity index (χ4v) is 2.48. The van der Waals surface area contributed by atoms with Crippen molar-refractivity contribution in [3.8, 4) is 0 Å². The second kappa shape index (κ2) is 4.47. The van der Waals surface area contributed by atoms with E-state index in [1.807, 2.05) is 0 Å². The van der Waals surface area contributed by atoms with Crippen molar-refractivity contribution < 1.29 is 19.5 Å². The second-order valence-electron chi connectivity index (χ2n) is 5.02. The summed E-state index contributed by atoms with van der Waals surface area (Å²) in [6.07, 6.45) is 4.17. The van der Waals surface area contributed by atoms with Crippen molar-refractivity contribution in [1.82, 2.24) is 4.90 Å². The fourth-order valence-electron chi connectivity index (χ4n) is 2.48. The minimum Gasteiger partial charge on any atom is -0.481 e. The molecule has 17 heavy (non-hydrogen) atoms. The van der Waals surface area contributed by atoms with E-state index in [0.717, 1.165) is 19.3 Å². The highest BCUT2D eigenvalue weighted by atomic mass is 16.4. The van der Waals surface area contributed by atoms with Crippen molar-refractivity contribution in [2.45, 2.75) is 44.9 Å². The van der Waals surface area contributed by atoms with Crippen LogP contribution in [-0.4, -0.2) is 34.3 Å². The molecule has 1 aliphatic carbocycles. The van der Waals surface area contributed by atoms with Gasteiger partial charge in [0, 0.05) is 19.4 Å². The summed E-state index contributed by atoms with van der Waals surface area (Å²) in [5.74, 6) is -1.30. The van der Waals surface area contributed by atoms with Crippen molar-refractivity contribution >= 4 is 17.8 Å². The molecule has 0 unspecified atom stereocenters. The molecule has 1 aliphatic heterocycles. The standard InChI is InChI=1S/C12H17NO4/c14-9-4-1-2-5-10(15)13(9)8-12(11(16)17)6-3-7-12/h1-8H2,(H,16,17). The third-order valence-corrected chi connectivity index (χ3v) is 3.86. The molecule has 2 aliphatic rings. The molecule has 2 rings (SSSR count). The van der Waals surface area contributed by atoms with Crippen LogP contribution in [0.1, 0.15) is 44.9 Å². The van der Waals surface area contributed by atoms with Gasteiger partial charge in [-0.3, -0.25) is 19.3 Å². The Morgan fingerprint density at radius 3 is 2.00 bits per heavy atom. The Balaban J connectivity index is 2.12. The number of hydrogen-bond donors (Lipinski definition) is 1. The van der Waals surface area contributed by atoms with Crippen LogP contribution in [0.4, 0.5) is 0 Å². The molecule has 0 aromatic rings. The van der Waals surface area contributed by atoms with Crippen LogP contribution >= 0.6 is 0 Å². The quantitative estimate of drug-likeness (QED) is 0.750. The van der Waals surface area contributed by atoms with Gasteiger partial charge in [-0.05, 0) is 25.7 Å². The number of carbonyl (C=O) groups is 3. The number of hydrogen-bond acceptors (Lipinski definition) is 3. The summed E-state index contributed by atoms with van der Waals surface area (Å²) in [7, 11) is 0.